The fourth-order valence-corrected chi connectivity index (χ4v) is 1.19. The average molecular weight is 208 g/mol. The maximum atomic E-state index is 10.9. The molecule has 0 aliphatic carbocycles. The van der Waals surface area contributed by atoms with E-state index in [4.69, 9.17) is 0 Å². The Labute approximate surface area is 89.6 Å². The van der Waals surface area contributed by atoms with Gasteiger partial charge >= 0.3 is 6.09 Å². The van der Waals surface area contributed by atoms with E-state index in [1.807, 2.05) is 31.3 Å². The van der Waals surface area contributed by atoms with Gasteiger partial charge in [0.15, 0.2) is 0 Å². The van der Waals surface area contributed by atoms with E-state index in [1.54, 1.807) is 0 Å². The maximum Gasteiger partial charge on any atom is 0.411 e. The second-order valence-corrected chi connectivity index (χ2v) is 3.25. The molecule has 0 radical (unpaired) electrons. The zero-order valence-corrected chi connectivity index (χ0v) is 9.20. The van der Waals surface area contributed by atoms with Crippen LogP contribution in [0.5, 0.6) is 0 Å². The summed E-state index contributed by atoms with van der Waals surface area (Å²) in [6.45, 7) is 2.07. The Morgan fingerprint density at radius 2 is 1.93 bits per heavy atom. The van der Waals surface area contributed by atoms with Crippen LogP contribution in [0.25, 0.3) is 0 Å². The van der Waals surface area contributed by atoms with E-state index >= 15 is 0 Å². The highest BCUT2D eigenvalue weighted by atomic mass is 16.5. The second kappa shape index (κ2) is 5.36. The molecular weight excluding hydrogens is 192 g/mol. The molecule has 1 unspecified atom stereocenters. The number of carbonyl (C=O) groups is 1. The van der Waals surface area contributed by atoms with Gasteiger partial charge in [-0.2, -0.15) is 0 Å². The summed E-state index contributed by atoms with van der Waals surface area (Å²) in [5.74, 6) is 0. The Morgan fingerprint density at radius 3 is 2.40 bits per heavy atom. The Balaban J connectivity index is 2.68. The smallest absolute Gasteiger partial charge is 0.411 e. The van der Waals surface area contributed by atoms with Crippen LogP contribution in [0.4, 0.5) is 10.5 Å². The van der Waals surface area contributed by atoms with Gasteiger partial charge in [-0.1, -0.05) is 12.1 Å². The van der Waals surface area contributed by atoms with Crippen molar-refractivity contribution in [3.8, 4) is 0 Å². The summed E-state index contributed by atoms with van der Waals surface area (Å²) in [6, 6.07) is 7.93. The number of ether oxygens (including phenoxy) is 1. The van der Waals surface area contributed by atoms with Crippen molar-refractivity contribution in [3.63, 3.8) is 0 Å². The molecule has 4 nitrogen and oxygen atoms in total. The molecule has 1 aromatic rings. The summed E-state index contributed by atoms with van der Waals surface area (Å²) >= 11 is 0. The quantitative estimate of drug-likeness (QED) is 0.800. The van der Waals surface area contributed by atoms with E-state index in [0.29, 0.717) is 6.04 Å². The first-order valence-electron chi connectivity index (χ1n) is 4.79. The lowest BCUT2D eigenvalue weighted by Gasteiger charge is -2.11. The standard InChI is InChI=1S/C11H16N2O2/c1-8(12-2)9-4-6-10(7-5-9)13-11(14)15-3/h4-8,12H,1-3H3,(H,13,14). The van der Waals surface area contributed by atoms with Crippen molar-refractivity contribution < 1.29 is 9.53 Å². The zero-order valence-electron chi connectivity index (χ0n) is 9.20. The molecule has 0 saturated heterocycles. The number of amides is 1. The van der Waals surface area contributed by atoms with Crippen LogP contribution < -0.4 is 10.6 Å². The van der Waals surface area contributed by atoms with Crippen LogP contribution in [0, 0.1) is 0 Å². The molecule has 1 rings (SSSR count). The minimum atomic E-state index is -0.454. The monoisotopic (exact) mass is 208 g/mol. The molecular formula is C11H16N2O2. The third-order valence-corrected chi connectivity index (χ3v) is 2.28. The van der Waals surface area contributed by atoms with Crippen molar-refractivity contribution in [2.45, 2.75) is 13.0 Å². The normalized spacial score (nSPS) is 11.9. The first-order chi connectivity index (χ1) is 7.17. The highest BCUT2D eigenvalue weighted by molar-refractivity contribution is 5.84. The van der Waals surface area contributed by atoms with Crippen molar-refractivity contribution in [3.05, 3.63) is 29.8 Å². The van der Waals surface area contributed by atoms with Crippen LogP contribution in [0.15, 0.2) is 24.3 Å². The van der Waals surface area contributed by atoms with E-state index in [2.05, 4.69) is 22.3 Å². The predicted octanol–water partition coefficient (Wildman–Crippen LogP) is 2.15. The van der Waals surface area contributed by atoms with E-state index in [0.717, 1.165) is 5.69 Å². The van der Waals surface area contributed by atoms with Gasteiger partial charge in [0.1, 0.15) is 0 Å². The number of hydrogen-bond acceptors (Lipinski definition) is 3. The lowest BCUT2D eigenvalue weighted by atomic mass is 10.1. The molecule has 15 heavy (non-hydrogen) atoms. The maximum absolute atomic E-state index is 10.9. The van der Waals surface area contributed by atoms with Gasteiger partial charge in [0.05, 0.1) is 7.11 Å². The molecule has 0 saturated carbocycles. The number of anilines is 1. The second-order valence-electron chi connectivity index (χ2n) is 3.25. The van der Waals surface area contributed by atoms with Gasteiger partial charge in [0.2, 0.25) is 0 Å². The fraction of sp³-hybridized carbons (Fsp3) is 0.364. The molecule has 0 bridgehead atoms. The molecule has 1 aromatic carbocycles. The minimum absolute atomic E-state index is 0.303. The average Bonchev–Trinajstić information content (AvgIpc) is 2.29. The lowest BCUT2D eigenvalue weighted by molar-refractivity contribution is 0.187. The van der Waals surface area contributed by atoms with Crippen molar-refractivity contribution in [2.75, 3.05) is 19.5 Å². The molecule has 0 aromatic heterocycles. The van der Waals surface area contributed by atoms with Crippen molar-refractivity contribution in [1.29, 1.82) is 0 Å². The molecule has 2 N–H and O–H groups in total. The summed E-state index contributed by atoms with van der Waals surface area (Å²) in [6.07, 6.45) is -0.454. The van der Waals surface area contributed by atoms with Crippen LogP contribution in [0.1, 0.15) is 18.5 Å². The van der Waals surface area contributed by atoms with Gasteiger partial charge in [-0.3, -0.25) is 5.32 Å². The van der Waals surface area contributed by atoms with E-state index in [-0.39, 0.29) is 0 Å². The van der Waals surface area contributed by atoms with Crippen molar-refractivity contribution in [2.24, 2.45) is 0 Å². The number of benzene rings is 1. The number of carbonyl (C=O) groups excluding carboxylic acids is 1. The van der Waals surface area contributed by atoms with Crippen LogP contribution in [-0.4, -0.2) is 20.3 Å². The number of rotatable bonds is 3. The van der Waals surface area contributed by atoms with Crippen molar-refractivity contribution >= 4 is 11.8 Å². The van der Waals surface area contributed by atoms with Gasteiger partial charge < -0.3 is 10.1 Å². The molecule has 1 atom stereocenters. The van der Waals surface area contributed by atoms with Crippen LogP contribution in [0.3, 0.4) is 0 Å². The van der Waals surface area contributed by atoms with Gasteiger partial charge in [-0.15, -0.1) is 0 Å². The Bertz CT molecular complexity index is 322. The summed E-state index contributed by atoms with van der Waals surface area (Å²) in [5.41, 5.74) is 1.90. The van der Waals surface area contributed by atoms with Crippen LogP contribution in [-0.2, 0) is 4.74 Å². The number of hydrogen-bond donors (Lipinski definition) is 2. The fourth-order valence-electron chi connectivity index (χ4n) is 1.19. The van der Waals surface area contributed by atoms with Gasteiger partial charge in [0.25, 0.3) is 0 Å². The Kier molecular flexibility index (Phi) is 4.12. The van der Waals surface area contributed by atoms with Gasteiger partial charge in [-0.25, -0.2) is 4.79 Å². The highest BCUT2D eigenvalue weighted by Gasteiger charge is 2.03. The Morgan fingerprint density at radius 1 is 1.33 bits per heavy atom. The third-order valence-electron chi connectivity index (χ3n) is 2.28. The van der Waals surface area contributed by atoms with Crippen LogP contribution in [0.2, 0.25) is 0 Å². The highest BCUT2D eigenvalue weighted by Crippen LogP contribution is 2.15. The molecule has 82 valence electrons. The molecule has 0 fully saturated rings. The predicted molar refractivity (Wildman–Crippen MR) is 59.9 cm³/mol. The van der Waals surface area contributed by atoms with E-state index in [9.17, 15) is 4.79 Å². The zero-order chi connectivity index (χ0) is 11.3. The first kappa shape index (κ1) is 11.5. The van der Waals surface area contributed by atoms with Gasteiger partial charge in [-0.05, 0) is 31.7 Å². The number of nitrogens with one attached hydrogen (secondary N) is 2. The van der Waals surface area contributed by atoms with E-state index in [1.165, 1.54) is 12.7 Å². The molecule has 0 heterocycles. The Hall–Kier alpha value is -1.55. The third kappa shape index (κ3) is 3.25. The summed E-state index contributed by atoms with van der Waals surface area (Å²) in [4.78, 5) is 10.9. The van der Waals surface area contributed by atoms with Gasteiger partial charge in [0, 0.05) is 11.7 Å². The SMILES string of the molecule is CNC(C)c1ccc(NC(=O)OC)cc1. The first-order valence-corrected chi connectivity index (χ1v) is 4.79. The summed E-state index contributed by atoms with van der Waals surface area (Å²) < 4.78 is 4.49. The molecule has 4 heteroatoms. The minimum Gasteiger partial charge on any atom is -0.453 e. The summed E-state index contributed by atoms with van der Waals surface area (Å²) in [7, 11) is 3.25. The summed E-state index contributed by atoms with van der Waals surface area (Å²) in [5, 5.41) is 5.73. The topological polar surface area (TPSA) is 50.4 Å². The largest absolute Gasteiger partial charge is 0.453 e. The van der Waals surface area contributed by atoms with E-state index < -0.39 is 6.09 Å². The number of methoxy groups -OCH3 is 1. The van der Waals surface area contributed by atoms with Crippen molar-refractivity contribution in [1.82, 2.24) is 5.32 Å². The lowest BCUT2D eigenvalue weighted by Crippen LogP contribution is -2.13. The molecule has 0 spiro atoms. The molecule has 0 aliphatic rings. The van der Waals surface area contributed by atoms with Crippen LogP contribution >= 0.6 is 0 Å². The molecule has 0 aliphatic heterocycles. The molecule has 1 amide bonds.